The van der Waals surface area contributed by atoms with E-state index in [1.807, 2.05) is 0 Å². The number of nitrogens with one attached hydrogen (secondary N) is 2. The molecule has 0 radical (unpaired) electrons. The molecule has 0 fully saturated rings. The first-order chi connectivity index (χ1) is 12.3. The number of fused-ring (bicyclic) bond motifs is 1. The molecule has 0 unspecified atom stereocenters. The Labute approximate surface area is 156 Å². The Morgan fingerprint density at radius 1 is 1.27 bits per heavy atom. The number of halogens is 1. The topological polar surface area (TPSA) is 112 Å². The second-order valence-corrected chi connectivity index (χ2v) is 8.87. The molecule has 0 aromatic carbocycles. The monoisotopic (exact) mass is 399 g/mol. The number of hydrogen-bond donors (Lipinski definition) is 2. The van der Waals surface area contributed by atoms with Gasteiger partial charge in [-0.25, -0.2) is 18.4 Å². The molecule has 3 heterocycles. The first-order valence-corrected chi connectivity index (χ1v) is 10.8. The summed E-state index contributed by atoms with van der Waals surface area (Å²) in [6, 6.07) is 0. The van der Waals surface area contributed by atoms with Crippen LogP contribution in [0.3, 0.4) is 0 Å². The molecule has 142 valence electrons. The minimum Gasteiger partial charge on any atom is -0.344 e. The standard InChI is InChI=1S/C16H22ClN5O3S/c1-3-4-5-13-18-12(14(17)20-13)9-22-7-6-11-10(8-22)15(23)21-16(19-11)26(2,24)25/h3-9H2,1-2H3,(H,18,20)(H,19,21,23). The molecule has 0 bridgehead atoms. The van der Waals surface area contributed by atoms with Crippen LogP contribution in [0.1, 0.15) is 42.5 Å². The smallest absolute Gasteiger partial charge is 0.256 e. The Kier molecular flexibility index (Phi) is 5.50. The van der Waals surface area contributed by atoms with Gasteiger partial charge in [0, 0.05) is 38.7 Å². The van der Waals surface area contributed by atoms with Gasteiger partial charge in [-0.1, -0.05) is 24.9 Å². The molecular formula is C16H22ClN5O3S. The normalized spacial score (nSPS) is 15.2. The van der Waals surface area contributed by atoms with Crippen LogP contribution in [0.2, 0.25) is 5.15 Å². The van der Waals surface area contributed by atoms with Gasteiger partial charge >= 0.3 is 0 Å². The lowest BCUT2D eigenvalue weighted by molar-refractivity contribution is 0.238. The van der Waals surface area contributed by atoms with Crippen molar-refractivity contribution in [1.29, 1.82) is 0 Å². The number of aromatic amines is 2. The van der Waals surface area contributed by atoms with Crippen LogP contribution in [0.25, 0.3) is 0 Å². The van der Waals surface area contributed by atoms with Gasteiger partial charge in [0.1, 0.15) is 5.82 Å². The number of aryl methyl sites for hydroxylation is 1. The lowest BCUT2D eigenvalue weighted by atomic mass is 10.1. The van der Waals surface area contributed by atoms with Gasteiger partial charge < -0.3 is 4.98 Å². The van der Waals surface area contributed by atoms with E-state index in [1.165, 1.54) is 0 Å². The number of sulfone groups is 1. The highest BCUT2D eigenvalue weighted by Gasteiger charge is 2.24. The van der Waals surface area contributed by atoms with E-state index in [9.17, 15) is 13.2 Å². The highest BCUT2D eigenvalue weighted by Crippen LogP contribution is 2.20. The summed E-state index contributed by atoms with van der Waals surface area (Å²) in [5.41, 5.74) is 1.48. The molecule has 1 aliphatic heterocycles. The van der Waals surface area contributed by atoms with Gasteiger partial charge in [-0.2, -0.15) is 0 Å². The number of H-pyrrole nitrogens is 2. The second-order valence-electron chi connectivity index (χ2n) is 6.59. The zero-order chi connectivity index (χ0) is 18.9. The Morgan fingerprint density at radius 3 is 2.73 bits per heavy atom. The van der Waals surface area contributed by atoms with Crippen molar-refractivity contribution in [3.8, 4) is 0 Å². The number of hydrogen-bond acceptors (Lipinski definition) is 6. The number of nitrogens with zero attached hydrogens (tertiary/aromatic N) is 3. The van der Waals surface area contributed by atoms with E-state index in [2.05, 4.69) is 31.8 Å². The first-order valence-electron chi connectivity index (χ1n) is 8.55. The van der Waals surface area contributed by atoms with Crippen molar-refractivity contribution < 1.29 is 8.42 Å². The number of aromatic nitrogens is 4. The maximum Gasteiger partial charge on any atom is 0.256 e. The molecule has 0 saturated carbocycles. The molecule has 0 atom stereocenters. The van der Waals surface area contributed by atoms with Gasteiger partial charge in [0.25, 0.3) is 5.56 Å². The third kappa shape index (κ3) is 4.16. The van der Waals surface area contributed by atoms with Gasteiger partial charge in [0.2, 0.25) is 15.0 Å². The van der Waals surface area contributed by atoms with Crippen molar-refractivity contribution >= 4 is 21.4 Å². The zero-order valence-electron chi connectivity index (χ0n) is 14.8. The van der Waals surface area contributed by atoms with Crippen LogP contribution in [0, 0.1) is 0 Å². The summed E-state index contributed by atoms with van der Waals surface area (Å²) in [5, 5.41) is 0.188. The lowest BCUT2D eigenvalue weighted by Crippen LogP contribution is -2.36. The van der Waals surface area contributed by atoms with Crippen LogP contribution in [-0.4, -0.2) is 46.1 Å². The Balaban J connectivity index is 1.77. The van der Waals surface area contributed by atoms with Gasteiger partial charge in [0.15, 0.2) is 5.15 Å². The van der Waals surface area contributed by atoms with Crippen molar-refractivity contribution in [2.45, 2.75) is 50.9 Å². The quantitative estimate of drug-likeness (QED) is 0.711. The van der Waals surface area contributed by atoms with Crippen molar-refractivity contribution in [3.63, 3.8) is 0 Å². The fourth-order valence-electron chi connectivity index (χ4n) is 3.00. The predicted octanol–water partition coefficient (Wildman–Crippen LogP) is 1.45. The molecule has 8 nitrogen and oxygen atoms in total. The number of unbranched alkanes of at least 4 members (excludes halogenated alkanes) is 1. The SMILES string of the molecule is CCCCc1nc(Cl)c(CN2CCc3nc(S(C)(=O)=O)[nH]c(=O)c3C2)[nH]1. The van der Waals surface area contributed by atoms with Gasteiger partial charge in [-0.05, 0) is 6.42 Å². The van der Waals surface area contributed by atoms with E-state index in [1.54, 1.807) is 0 Å². The maximum absolute atomic E-state index is 12.3. The van der Waals surface area contributed by atoms with E-state index < -0.39 is 15.4 Å². The van der Waals surface area contributed by atoms with Crippen molar-refractivity contribution in [2.75, 3.05) is 12.8 Å². The van der Waals surface area contributed by atoms with Gasteiger partial charge in [-0.3, -0.25) is 14.7 Å². The number of rotatable bonds is 6. The molecule has 3 rings (SSSR count). The Hall–Kier alpha value is -1.71. The van der Waals surface area contributed by atoms with Crippen LogP contribution >= 0.6 is 11.6 Å². The fourth-order valence-corrected chi connectivity index (χ4v) is 3.76. The van der Waals surface area contributed by atoms with Crippen molar-refractivity contribution in [2.24, 2.45) is 0 Å². The summed E-state index contributed by atoms with van der Waals surface area (Å²) >= 11 is 6.23. The van der Waals surface area contributed by atoms with Gasteiger partial charge in [0.05, 0.1) is 17.0 Å². The van der Waals surface area contributed by atoms with Crippen LogP contribution in [0.4, 0.5) is 0 Å². The molecule has 1 aliphatic rings. The zero-order valence-corrected chi connectivity index (χ0v) is 16.4. The van der Waals surface area contributed by atoms with Crippen LogP contribution in [0.5, 0.6) is 0 Å². The summed E-state index contributed by atoms with van der Waals surface area (Å²) in [5.74, 6) is 0.876. The Morgan fingerprint density at radius 2 is 2.04 bits per heavy atom. The molecule has 26 heavy (non-hydrogen) atoms. The summed E-state index contributed by atoms with van der Waals surface area (Å²) in [6.07, 6.45) is 4.53. The summed E-state index contributed by atoms with van der Waals surface area (Å²) in [7, 11) is -3.54. The average molecular weight is 400 g/mol. The molecule has 2 N–H and O–H groups in total. The third-order valence-electron chi connectivity index (χ3n) is 4.40. The average Bonchev–Trinajstić information content (AvgIpc) is 2.92. The highest BCUT2D eigenvalue weighted by molar-refractivity contribution is 7.90. The minimum absolute atomic E-state index is 0.271. The van der Waals surface area contributed by atoms with E-state index in [-0.39, 0.29) is 5.16 Å². The maximum atomic E-state index is 12.3. The predicted molar refractivity (Wildman–Crippen MR) is 98.0 cm³/mol. The van der Waals surface area contributed by atoms with Gasteiger partial charge in [-0.15, -0.1) is 0 Å². The first kappa shape index (κ1) is 19.1. The fraction of sp³-hybridized carbons (Fsp3) is 0.562. The summed E-state index contributed by atoms with van der Waals surface area (Å²) in [6.45, 7) is 3.72. The van der Waals surface area contributed by atoms with Crippen LogP contribution in [0.15, 0.2) is 9.95 Å². The summed E-state index contributed by atoms with van der Waals surface area (Å²) < 4.78 is 23.2. The minimum atomic E-state index is -3.54. The summed E-state index contributed by atoms with van der Waals surface area (Å²) in [4.78, 5) is 28.5. The molecule has 0 aliphatic carbocycles. The Bertz CT molecular complexity index is 967. The molecule has 2 aromatic heterocycles. The largest absolute Gasteiger partial charge is 0.344 e. The third-order valence-corrected chi connectivity index (χ3v) is 5.61. The van der Waals surface area contributed by atoms with E-state index in [4.69, 9.17) is 11.6 Å². The van der Waals surface area contributed by atoms with Crippen LogP contribution < -0.4 is 5.56 Å². The second kappa shape index (κ2) is 7.50. The van der Waals surface area contributed by atoms with Crippen molar-refractivity contribution in [3.05, 3.63) is 38.3 Å². The molecule has 2 aromatic rings. The molecule has 0 saturated heterocycles. The van der Waals surface area contributed by atoms with E-state index >= 15 is 0 Å². The lowest BCUT2D eigenvalue weighted by Gasteiger charge is -2.27. The number of imidazole rings is 1. The van der Waals surface area contributed by atoms with E-state index in [0.29, 0.717) is 42.5 Å². The van der Waals surface area contributed by atoms with E-state index in [0.717, 1.165) is 37.0 Å². The molecule has 0 spiro atoms. The molecule has 10 heteroatoms. The molecule has 0 amide bonds. The van der Waals surface area contributed by atoms with Crippen molar-refractivity contribution in [1.82, 2.24) is 24.8 Å². The molecular weight excluding hydrogens is 378 g/mol. The van der Waals surface area contributed by atoms with Crippen LogP contribution in [-0.2, 0) is 35.8 Å². The highest BCUT2D eigenvalue weighted by atomic mass is 35.5.